The van der Waals surface area contributed by atoms with Crippen molar-refractivity contribution in [2.75, 3.05) is 0 Å². The Morgan fingerprint density at radius 2 is 2.36 bits per heavy atom. The Kier molecular flexibility index (Phi) is 1.26. The number of hydrogen-bond donors (Lipinski definition) is 0. The molecule has 1 fully saturated rings. The summed E-state index contributed by atoms with van der Waals surface area (Å²) < 4.78 is 0. The van der Waals surface area contributed by atoms with Gasteiger partial charge >= 0.3 is 0 Å². The molecule has 0 spiro atoms. The zero-order chi connectivity index (χ0) is 8.06. The van der Waals surface area contributed by atoms with Crippen LogP contribution in [0.4, 0.5) is 0 Å². The highest BCUT2D eigenvalue weighted by Gasteiger charge is 2.43. The molecule has 60 valence electrons. The average Bonchev–Trinajstić information content (AvgIpc) is 2.28. The predicted molar refractivity (Wildman–Crippen MR) is 44.2 cm³/mol. The Bertz CT molecular complexity index is 239. The Morgan fingerprint density at radius 3 is 3.09 bits per heavy atom. The number of carbonyl (C=O) groups excluding carboxylic acids is 1. The van der Waals surface area contributed by atoms with Gasteiger partial charge in [0.2, 0.25) is 0 Å². The monoisotopic (exact) mass is 150 g/mol. The number of ketones is 1. The molecule has 0 saturated heterocycles. The van der Waals surface area contributed by atoms with Gasteiger partial charge in [-0.05, 0) is 38.2 Å². The minimum absolute atomic E-state index is 0.0180. The lowest BCUT2D eigenvalue weighted by Gasteiger charge is -2.25. The van der Waals surface area contributed by atoms with Crippen LogP contribution < -0.4 is 0 Å². The summed E-state index contributed by atoms with van der Waals surface area (Å²) in [5.74, 6) is 1.08. The van der Waals surface area contributed by atoms with E-state index in [1.807, 2.05) is 6.08 Å². The molecule has 1 nitrogen and oxygen atoms in total. The first-order valence-corrected chi connectivity index (χ1v) is 4.34. The maximum absolute atomic E-state index is 11.5. The third kappa shape index (κ3) is 0.867. The zero-order valence-electron chi connectivity index (χ0n) is 7.18. The van der Waals surface area contributed by atoms with Crippen molar-refractivity contribution in [3.8, 4) is 0 Å². The Morgan fingerprint density at radius 1 is 1.64 bits per heavy atom. The van der Waals surface area contributed by atoms with Crippen molar-refractivity contribution in [1.82, 2.24) is 0 Å². The summed E-state index contributed by atoms with van der Waals surface area (Å²) in [6, 6.07) is 0. The van der Waals surface area contributed by atoms with Gasteiger partial charge in [-0.2, -0.15) is 0 Å². The van der Waals surface area contributed by atoms with Gasteiger partial charge in [-0.25, -0.2) is 0 Å². The van der Waals surface area contributed by atoms with Crippen LogP contribution in [0.15, 0.2) is 11.6 Å². The van der Waals surface area contributed by atoms with Crippen molar-refractivity contribution in [3.05, 3.63) is 11.6 Å². The molecule has 2 unspecified atom stereocenters. The molecule has 0 aromatic heterocycles. The van der Waals surface area contributed by atoms with E-state index >= 15 is 0 Å². The van der Waals surface area contributed by atoms with E-state index in [2.05, 4.69) is 13.8 Å². The van der Waals surface area contributed by atoms with E-state index in [4.69, 9.17) is 0 Å². The van der Waals surface area contributed by atoms with E-state index in [9.17, 15) is 4.79 Å². The lowest BCUT2D eigenvalue weighted by molar-refractivity contribution is -0.123. The fourth-order valence-corrected chi connectivity index (χ4v) is 2.35. The number of fused-ring (bicyclic) bond motifs is 2. The van der Waals surface area contributed by atoms with Crippen molar-refractivity contribution in [2.24, 2.45) is 11.3 Å². The fraction of sp³-hybridized carbons (Fsp3) is 0.700. The van der Waals surface area contributed by atoms with E-state index < -0.39 is 0 Å². The summed E-state index contributed by atoms with van der Waals surface area (Å²) in [5.41, 5.74) is 1.33. The SMILES string of the molecule is CC1=CC(=O)C2(C)CCC1C2. The maximum Gasteiger partial charge on any atom is 0.161 e. The molecule has 0 N–H and O–H groups in total. The summed E-state index contributed by atoms with van der Waals surface area (Å²) in [5, 5.41) is 0. The highest BCUT2D eigenvalue weighted by atomic mass is 16.1. The van der Waals surface area contributed by atoms with E-state index in [1.54, 1.807) is 0 Å². The minimum Gasteiger partial charge on any atom is -0.294 e. The standard InChI is InChI=1S/C10H14O/c1-7-5-9(11)10(2)4-3-8(7)6-10/h5,8H,3-4,6H2,1-2H3. The molecule has 0 heterocycles. The number of allylic oxidation sites excluding steroid dienone is 2. The van der Waals surface area contributed by atoms with Crippen molar-refractivity contribution in [2.45, 2.75) is 33.1 Å². The van der Waals surface area contributed by atoms with Gasteiger partial charge < -0.3 is 0 Å². The molecular formula is C10H14O. The summed E-state index contributed by atoms with van der Waals surface area (Å²) in [4.78, 5) is 11.5. The molecule has 2 atom stereocenters. The van der Waals surface area contributed by atoms with Gasteiger partial charge in [0.05, 0.1) is 0 Å². The third-order valence-electron chi connectivity index (χ3n) is 3.34. The molecular weight excluding hydrogens is 136 g/mol. The Hall–Kier alpha value is -0.590. The zero-order valence-corrected chi connectivity index (χ0v) is 7.18. The van der Waals surface area contributed by atoms with Crippen LogP contribution in [0, 0.1) is 11.3 Å². The van der Waals surface area contributed by atoms with Gasteiger partial charge in [-0.1, -0.05) is 12.5 Å². The van der Waals surface area contributed by atoms with Crippen LogP contribution in [0.5, 0.6) is 0 Å². The minimum atomic E-state index is 0.0180. The van der Waals surface area contributed by atoms with Crippen molar-refractivity contribution in [3.63, 3.8) is 0 Å². The quantitative estimate of drug-likeness (QED) is 0.518. The van der Waals surface area contributed by atoms with E-state index in [-0.39, 0.29) is 5.41 Å². The number of carbonyl (C=O) groups is 1. The first kappa shape index (κ1) is 7.08. The van der Waals surface area contributed by atoms with Crippen molar-refractivity contribution >= 4 is 5.78 Å². The topological polar surface area (TPSA) is 17.1 Å². The van der Waals surface area contributed by atoms with Crippen LogP contribution in [-0.4, -0.2) is 5.78 Å². The highest BCUT2D eigenvalue weighted by molar-refractivity contribution is 5.96. The summed E-state index contributed by atoms with van der Waals surface area (Å²) in [6.07, 6.45) is 5.30. The third-order valence-corrected chi connectivity index (χ3v) is 3.34. The summed E-state index contributed by atoms with van der Waals surface area (Å²) >= 11 is 0. The van der Waals surface area contributed by atoms with Crippen LogP contribution >= 0.6 is 0 Å². The second kappa shape index (κ2) is 1.96. The van der Waals surface area contributed by atoms with E-state index in [1.165, 1.54) is 12.0 Å². The molecule has 0 aliphatic heterocycles. The largest absolute Gasteiger partial charge is 0.294 e. The van der Waals surface area contributed by atoms with Gasteiger partial charge in [-0.15, -0.1) is 0 Å². The second-order valence-electron chi connectivity index (χ2n) is 4.25. The maximum atomic E-state index is 11.5. The molecule has 1 heteroatoms. The lowest BCUT2D eigenvalue weighted by atomic mass is 9.77. The van der Waals surface area contributed by atoms with Crippen molar-refractivity contribution < 1.29 is 4.79 Å². The Labute approximate surface area is 67.5 Å². The number of hydrogen-bond acceptors (Lipinski definition) is 1. The molecule has 1 saturated carbocycles. The van der Waals surface area contributed by atoms with Crippen LogP contribution in [0.2, 0.25) is 0 Å². The molecule has 2 bridgehead atoms. The molecule has 2 rings (SSSR count). The smallest absolute Gasteiger partial charge is 0.161 e. The molecule has 0 amide bonds. The van der Waals surface area contributed by atoms with Crippen LogP contribution in [0.1, 0.15) is 33.1 Å². The van der Waals surface area contributed by atoms with Gasteiger partial charge in [-0.3, -0.25) is 4.79 Å². The summed E-state index contributed by atoms with van der Waals surface area (Å²) in [7, 11) is 0. The summed E-state index contributed by atoms with van der Waals surface area (Å²) in [6.45, 7) is 4.20. The van der Waals surface area contributed by atoms with Gasteiger partial charge in [0.15, 0.2) is 5.78 Å². The molecule has 0 aromatic carbocycles. The first-order valence-electron chi connectivity index (χ1n) is 4.34. The average molecular weight is 150 g/mol. The van der Waals surface area contributed by atoms with Gasteiger partial charge in [0.1, 0.15) is 0 Å². The molecule has 0 aromatic rings. The van der Waals surface area contributed by atoms with Crippen LogP contribution in [0.3, 0.4) is 0 Å². The van der Waals surface area contributed by atoms with Gasteiger partial charge in [0.25, 0.3) is 0 Å². The van der Waals surface area contributed by atoms with E-state index in [0.717, 1.165) is 18.8 Å². The molecule has 0 radical (unpaired) electrons. The highest BCUT2D eigenvalue weighted by Crippen LogP contribution is 2.48. The van der Waals surface area contributed by atoms with Crippen molar-refractivity contribution in [1.29, 1.82) is 0 Å². The normalized spacial score (nSPS) is 42.5. The predicted octanol–water partition coefficient (Wildman–Crippen LogP) is 2.32. The fourth-order valence-electron chi connectivity index (χ4n) is 2.35. The number of rotatable bonds is 0. The van der Waals surface area contributed by atoms with Gasteiger partial charge in [0, 0.05) is 5.41 Å². The Balaban J connectivity index is 2.41. The molecule has 11 heavy (non-hydrogen) atoms. The first-order chi connectivity index (χ1) is 5.12. The van der Waals surface area contributed by atoms with E-state index in [0.29, 0.717) is 5.78 Å². The van der Waals surface area contributed by atoms with Crippen LogP contribution in [0.25, 0.3) is 0 Å². The molecule has 2 aliphatic rings. The second-order valence-corrected chi connectivity index (χ2v) is 4.25. The van der Waals surface area contributed by atoms with Crippen LogP contribution in [-0.2, 0) is 4.79 Å². The molecule has 2 aliphatic carbocycles. The lowest BCUT2D eigenvalue weighted by Crippen LogP contribution is -2.26.